The summed E-state index contributed by atoms with van der Waals surface area (Å²) < 4.78 is 0.284. The van der Waals surface area contributed by atoms with E-state index in [1.54, 1.807) is 0 Å². The van der Waals surface area contributed by atoms with Crippen LogP contribution in [0, 0.1) is 5.41 Å². The van der Waals surface area contributed by atoms with E-state index in [9.17, 15) is 0 Å². The van der Waals surface area contributed by atoms with E-state index >= 15 is 0 Å². The first-order chi connectivity index (χ1) is 6.63. The SMILES string of the molecule is CC1=N[N+](C)(c2ccccc2)C(=N)C1. The normalized spacial score (nSPS) is 26.4. The molecule has 0 saturated carbocycles. The van der Waals surface area contributed by atoms with Crippen LogP contribution in [0.25, 0.3) is 0 Å². The number of nitrogens with one attached hydrogen (secondary N) is 1. The standard InChI is InChI=1S/C11H14N3/c1-9-8-11(12)14(2,13-9)10-6-4-3-5-7-10/h3-7,12H,8H2,1-2H3/q+1. The fourth-order valence-electron chi connectivity index (χ4n) is 1.77. The second-order valence-electron chi connectivity index (χ2n) is 3.75. The van der Waals surface area contributed by atoms with Crippen LogP contribution < -0.4 is 4.59 Å². The first kappa shape index (κ1) is 9.09. The minimum absolute atomic E-state index is 0.284. The second kappa shape index (κ2) is 3.03. The summed E-state index contributed by atoms with van der Waals surface area (Å²) in [5.74, 6) is 0.633. The van der Waals surface area contributed by atoms with Crippen molar-refractivity contribution in [3.8, 4) is 0 Å². The van der Waals surface area contributed by atoms with Crippen LogP contribution >= 0.6 is 0 Å². The molecule has 1 aromatic carbocycles. The molecule has 0 aliphatic carbocycles. The van der Waals surface area contributed by atoms with Crippen LogP contribution in [0.1, 0.15) is 13.3 Å². The highest BCUT2D eigenvalue weighted by Gasteiger charge is 2.37. The van der Waals surface area contributed by atoms with Gasteiger partial charge < -0.3 is 0 Å². The van der Waals surface area contributed by atoms with E-state index in [0.717, 1.165) is 11.4 Å². The van der Waals surface area contributed by atoms with Crippen LogP contribution in [-0.4, -0.2) is 18.6 Å². The van der Waals surface area contributed by atoms with Crippen molar-refractivity contribution >= 4 is 17.2 Å². The molecule has 3 heteroatoms. The summed E-state index contributed by atoms with van der Waals surface area (Å²) in [6, 6.07) is 9.96. The highest BCUT2D eigenvalue weighted by atomic mass is 15.6. The monoisotopic (exact) mass is 188 g/mol. The highest BCUT2D eigenvalue weighted by Crippen LogP contribution is 2.27. The molecular formula is C11H14N3+. The molecule has 0 saturated heterocycles. The molecule has 0 aromatic heterocycles. The number of rotatable bonds is 1. The lowest BCUT2D eigenvalue weighted by Gasteiger charge is -2.21. The summed E-state index contributed by atoms with van der Waals surface area (Å²) in [6.07, 6.45) is 0.686. The Kier molecular flexibility index (Phi) is 1.97. The van der Waals surface area contributed by atoms with Gasteiger partial charge in [-0.05, 0) is 6.92 Å². The predicted octanol–water partition coefficient (Wildman–Crippen LogP) is 2.38. The van der Waals surface area contributed by atoms with Crippen molar-refractivity contribution < 1.29 is 0 Å². The Morgan fingerprint density at radius 2 is 1.93 bits per heavy atom. The van der Waals surface area contributed by atoms with Crippen LogP contribution in [0.15, 0.2) is 35.4 Å². The Hall–Kier alpha value is -1.48. The summed E-state index contributed by atoms with van der Waals surface area (Å²) in [5, 5.41) is 12.4. The Morgan fingerprint density at radius 3 is 2.43 bits per heavy atom. The van der Waals surface area contributed by atoms with E-state index in [4.69, 9.17) is 5.41 Å². The molecule has 1 atom stereocenters. The van der Waals surface area contributed by atoms with Gasteiger partial charge in [0.15, 0.2) is 5.69 Å². The molecule has 0 spiro atoms. The zero-order valence-corrected chi connectivity index (χ0v) is 8.49. The van der Waals surface area contributed by atoms with Gasteiger partial charge in [0.05, 0.1) is 12.1 Å². The molecule has 1 unspecified atom stereocenters. The molecule has 3 nitrogen and oxygen atoms in total. The lowest BCUT2D eigenvalue weighted by Crippen LogP contribution is -2.41. The molecule has 0 radical (unpaired) electrons. The maximum atomic E-state index is 7.93. The van der Waals surface area contributed by atoms with Gasteiger partial charge in [-0.15, -0.1) is 4.59 Å². The van der Waals surface area contributed by atoms with Gasteiger partial charge in [0.1, 0.15) is 7.05 Å². The zero-order chi connectivity index (χ0) is 10.2. The van der Waals surface area contributed by atoms with E-state index in [0.29, 0.717) is 12.3 Å². The van der Waals surface area contributed by atoms with E-state index in [1.807, 2.05) is 44.3 Å². The minimum atomic E-state index is 0.284. The molecule has 1 aliphatic heterocycles. The van der Waals surface area contributed by atoms with Gasteiger partial charge in [0.2, 0.25) is 5.84 Å². The number of benzene rings is 1. The van der Waals surface area contributed by atoms with Crippen LogP contribution in [0.3, 0.4) is 0 Å². The lowest BCUT2D eigenvalue weighted by molar-refractivity contribution is 0.530. The van der Waals surface area contributed by atoms with E-state index in [-0.39, 0.29) is 4.59 Å². The van der Waals surface area contributed by atoms with E-state index in [2.05, 4.69) is 5.10 Å². The third-order valence-corrected chi connectivity index (χ3v) is 2.58. The number of nitrogens with zero attached hydrogens (tertiary/aromatic N) is 2. The van der Waals surface area contributed by atoms with Gasteiger partial charge in [0, 0.05) is 12.1 Å². The lowest BCUT2D eigenvalue weighted by atomic mass is 10.2. The van der Waals surface area contributed by atoms with Crippen molar-refractivity contribution in [2.24, 2.45) is 5.10 Å². The molecule has 72 valence electrons. The minimum Gasteiger partial charge on any atom is -0.252 e. The first-order valence-electron chi connectivity index (χ1n) is 4.69. The van der Waals surface area contributed by atoms with E-state index in [1.165, 1.54) is 0 Å². The summed E-state index contributed by atoms with van der Waals surface area (Å²) in [7, 11) is 1.95. The first-order valence-corrected chi connectivity index (χ1v) is 4.69. The fourth-order valence-corrected chi connectivity index (χ4v) is 1.77. The maximum absolute atomic E-state index is 7.93. The second-order valence-corrected chi connectivity index (χ2v) is 3.75. The topological polar surface area (TPSA) is 36.2 Å². The third-order valence-electron chi connectivity index (χ3n) is 2.58. The van der Waals surface area contributed by atoms with Crippen molar-refractivity contribution in [2.45, 2.75) is 13.3 Å². The average molecular weight is 188 g/mol. The van der Waals surface area contributed by atoms with Crippen LogP contribution in [0.2, 0.25) is 0 Å². The molecule has 1 aromatic rings. The van der Waals surface area contributed by atoms with Crippen molar-refractivity contribution in [1.29, 1.82) is 5.41 Å². The molecule has 0 amide bonds. The average Bonchev–Trinajstić information content (AvgIpc) is 2.43. The summed E-state index contributed by atoms with van der Waals surface area (Å²) in [6.45, 7) is 1.97. The van der Waals surface area contributed by atoms with Crippen LogP contribution in [0.4, 0.5) is 5.69 Å². The molecular weight excluding hydrogens is 174 g/mol. The van der Waals surface area contributed by atoms with Crippen molar-refractivity contribution in [2.75, 3.05) is 7.05 Å². The number of quaternary nitrogens is 1. The Labute approximate surface area is 83.8 Å². The predicted molar refractivity (Wildman–Crippen MR) is 59.6 cm³/mol. The number of hydrogen-bond donors (Lipinski definition) is 1. The van der Waals surface area contributed by atoms with Crippen molar-refractivity contribution in [3.05, 3.63) is 30.3 Å². The van der Waals surface area contributed by atoms with Crippen molar-refractivity contribution in [3.63, 3.8) is 0 Å². The van der Waals surface area contributed by atoms with Gasteiger partial charge in [-0.2, -0.15) is 0 Å². The number of amidine groups is 1. The summed E-state index contributed by atoms with van der Waals surface area (Å²) >= 11 is 0. The van der Waals surface area contributed by atoms with E-state index < -0.39 is 0 Å². The van der Waals surface area contributed by atoms with Gasteiger partial charge >= 0.3 is 0 Å². The number of para-hydroxylation sites is 1. The Morgan fingerprint density at radius 1 is 1.29 bits per heavy atom. The largest absolute Gasteiger partial charge is 0.252 e. The molecule has 14 heavy (non-hydrogen) atoms. The Balaban J connectivity index is 2.48. The number of hydrogen-bond acceptors (Lipinski definition) is 2. The van der Waals surface area contributed by atoms with Gasteiger partial charge in [-0.25, -0.2) is 0 Å². The quantitative estimate of drug-likeness (QED) is 0.657. The molecule has 1 N–H and O–H groups in total. The molecule has 0 bridgehead atoms. The van der Waals surface area contributed by atoms with Gasteiger partial charge in [0.25, 0.3) is 0 Å². The molecule has 1 aliphatic rings. The fraction of sp³-hybridized carbons (Fsp3) is 0.273. The Bertz CT molecular complexity index is 394. The molecule has 1 heterocycles. The zero-order valence-electron chi connectivity index (χ0n) is 8.49. The third kappa shape index (κ3) is 1.26. The smallest absolute Gasteiger partial charge is 0.233 e. The highest BCUT2D eigenvalue weighted by molar-refractivity contribution is 6.10. The van der Waals surface area contributed by atoms with Gasteiger partial charge in [-0.1, -0.05) is 23.3 Å². The molecule has 0 fully saturated rings. The summed E-state index contributed by atoms with van der Waals surface area (Å²) in [4.78, 5) is 0. The summed E-state index contributed by atoms with van der Waals surface area (Å²) in [5.41, 5.74) is 2.08. The van der Waals surface area contributed by atoms with Crippen LogP contribution in [-0.2, 0) is 0 Å². The maximum Gasteiger partial charge on any atom is 0.233 e. The van der Waals surface area contributed by atoms with Crippen molar-refractivity contribution in [1.82, 2.24) is 4.59 Å². The van der Waals surface area contributed by atoms with Crippen LogP contribution in [0.5, 0.6) is 0 Å². The molecule has 2 rings (SSSR count). The van der Waals surface area contributed by atoms with Gasteiger partial charge in [-0.3, -0.25) is 5.41 Å².